The van der Waals surface area contributed by atoms with Gasteiger partial charge < -0.3 is 4.90 Å². The Kier molecular flexibility index (Phi) is 10.6. The van der Waals surface area contributed by atoms with Crippen molar-refractivity contribution in [1.82, 2.24) is 4.90 Å². The van der Waals surface area contributed by atoms with Gasteiger partial charge in [-0.1, -0.05) is 45.2 Å². The van der Waals surface area contributed by atoms with Gasteiger partial charge in [0, 0.05) is 20.5 Å². The summed E-state index contributed by atoms with van der Waals surface area (Å²) in [7, 11) is 1.75. The normalized spacial score (nSPS) is 9.57. The van der Waals surface area contributed by atoms with Gasteiger partial charge in [0.1, 0.15) is 0 Å². The molecule has 0 bridgehead atoms. The molecular weight excluding hydrogens is 174 g/mol. The lowest BCUT2D eigenvalue weighted by Gasteiger charge is -2.14. The molecule has 0 fully saturated rings. The van der Waals surface area contributed by atoms with Crippen LogP contribution in [-0.4, -0.2) is 24.4 Å². The smallest absolute Gasteiger partial charge is 0.219 e. The Morgan fingerprint density at radius 3 is 2.14 bits per heavy atom. The minimum Gasteiger partial charge on any atom is -0.342 e. The van der Waals surface area contributed by atoms with E-state index in [2.05, 4.69) is 13.2 Å². The lowest BCUT2D eigenvalue weighted by Crippen LogP contribution is -2.25. The number of carbonyl (C=O) groups excluding carboxylic acids is 1. The van der Waals surface area contributed by atoms with Gasteiger partial charge in [0.15, 0.2) is 0 Å². The van der Waals surface area contributed by atoms with E-state index in [-0.39, 0.29) is 5.91 Å². The molecule has 0 heterocycles. The predicted octanol–water partition coefficient (Wildman–Crippen LogP) is 2.79. The Morgan fingerprint density at radius 1 is 1.36 bits per heavy atom. The van der Waals surface area contributed by atoms with Gasteiger partial charge in [-0.3, -0.25) is 4.79 Å². The summed E-state index contributed by atoms with van der Waals surface area (Å²) in [6.45, 7) is 13.3. The lowest BCUT2D eigenvalue weighted by molar-refractivity contribution is -0.127. The maximum absolute atomic E-state index is 10.8. The molecule has 0 aromatic heterocycles. The number of hydrogen-bond donors (Lipinski definition) is 0. The third-order valence-electron chi connectivity index (χ3n) is 1.55. The monoisotopic (exact) mass is 195 g/mol. The third-order valence-corrected chi connectivity index (χ3v) is 1.55. The van der Waals surface area contributed by atoms with Gasteiger partial charge in [-0.25, -0.2) is 0 Å². The number of hydrogen-bond acceptors (Lipinski definition) is 1. The molecule has 0 unspecified atom stereocenters. The molecule has 2 heteroatoms. The van der Waals surface area contributed by atoms with Crippen molar-refractivity contribution in [3.63, 3.8) is 0 Å². The summed E-state index contributed by atoms with van der Waals surface area (Å²) in [5.41, 5.74) is 0.989. The SMILES string of the molecule is C=C/C=C(\C=C)CN(C)C(C)=O.CC. The van der Waals surface area contributed by atoms with Crippen LogP contribution in [-0.2, 0) is 4.79 Å². The highest BCUT2D eigenvalue weighted by molar-refractivity contribution is 5.73. The van der Waals surface area contributed by atoms with Crippen molar-refractivity contribution in [1.29, 1.82) is 0 Å². The second-order valence-electron chi connectivity index (χ2n) is 2.56. The van der Waals surface area contributed by atoms with Gasteiger partial charge in [0.25, 0.3) is 0 Å². The summed E-state index contributed by atoms with van der Waals surface area (Å²) in [6.07, 6.45) is 5.25. The molecule has 0 atom stereocenters. The molecule has 0 aliphatic rings. The van der Waals surface area contributed by atoms with Gasteiger partial charge in [0.05, 0.1) is 0 Å². The van der Waals surface area contributed by atoms with Gasteiger partial charge in [-0.15, -0.1) is 0 Å². The number of carbonyl (C=O) groups is 1. The highest BCUT2D eigenvalue weighted by Gasteiger charge is 2.01. The van der Waals surface area contributed by atoms with Crippen molar-refractivity contribution in [2.24, 2.45) is 0 Å². The molecule has 2 nitrogen and oxygen atoms in total. The highest BCUT2D eigenvalue weighted by atomic mass is 16.2. The summed E-state index contributed by atoms with van der Waals surface area (Å²) >= 11 is 0. The zero-order valence-electron chi connectivity index (χ0n) is 9.71. The first-order valence-electron chi connectivity index (χ1n) is 4.77. The predicted molar refractivity (Wildman–Crippen MR) is 63.1 cm³/mol. The van der Waals surface area contributed by atoms with E-state index in [4.69, 9.17) is 0 Å². The zero-order chi connectivity index (χ0) is 11.6. The first kappa shape index (κ1) is 15.2. The maximum atomic E-state index is 10.8. The Hall–Kier alpha value is -1.31. The molecule has 0 aliphatic heterocycles. The second-order valence-corrected chi connectivity index (χ2v) is 2.56. The number of amides is 1. The van der Waals surface area contributed by atoms with Crippen LogP contribution < -0.4 is 0 Å². The Labute approximate surface area is 87.6 Å². The summed E-state index contributed by atoms with van der Waals surface area (Å²) in [5, 5.41) is 0. The summed E-state index contributed by atoms with van der Waals surface area (Å²) in [5.74, 6) is 0.0480. The van der Waals surface area contributed by atoms with E-state index < -0.39 is 0 Å². The molecule has 0 aromatic carbocycles. The molecule has 80 valence electrons. The van der Waals surface area contributed by atoms with Crippen LogP contribution in [0.5, 0.6) is 0 Å². The topological polar surface area (TPSA) is 20.3 Å². The van der Waals surface area contributed by atoms with E-state index >= 15 is 0 Å². The van der Waals surface area contributed by atoms with Crippen molar-refractivity contribution in [2.75, 3.05) is 13.6 Å². The number of rotatable bonds is 4. The van der Waals surface area contributed by atoms with Crippen molar-refractivity contribution < 1.29 is 4.79 Å². The zero-order valence-corrected chi connectivity index (χ0v) is 9.71. The summed E-state index contributed by atoms with van der Waals surface area (Å²) < 4.78 is 0. The van der Waals surface area contributed by atoms with Crippen LogP contribution in [0.15, 0.2) is 37.0 Å². The van der Waals surface area contributed by atoms with Crippen LogP contribution in [0.3, 0.4) is 0 Å². The summed E-state index contributed by atoms with van der Waals surface area (Å²) in [4.78, 5) is 12.5. The van der Waals surface area contributed by atoms with E-state index in [1.165, 1.54) is 6.92 Å². The van der Waals surface area contributed by atoms with E-state index in [9.17, 15) is 4.79 Å². The highest BCUT2D eigenvalue weighted by Crippen LogP contribution is 1.99. The average Bonchev–Trinajstić information content (AvgIpc) is 2.19. The standard InChI is InChI=1S/C10H15NO.C2H6/c1-5-7-10(6-2)8-11(4)9(3)12;1-2/h5-7H,1-2,8H2,3-4H3;1-2H3/b10-7+;. The van der Waals surface area contributed by atoms with E-state index in [0.29, 0.717) is 6.54 Å². The molecule has 0 radical (unpaired) electrons. The van der Waals surface area contributed by atoms with Gasteiger partial charge in [-0.2, -0.15) is 0 Å². The van der Waals surface area contributed by atoms with E-state index in [0.717, 1.165) is 5.57 Å². The molecule has 0 saturated heterocycles. The van der Waals surface area contributed by atoms with Crippen LogP contribution in [0.25, 0.3) is 0 Å². The minimum absolute atomic E-state index is 0.0480. The molecule has 0 aliphatic carbocycles. The van der Waals surface area contributed by atoms with Gasteiger partial charge in [-0.05, 0) is 5.57 Å². The van der Waals surface area contributed by atoms with Crippen LogP contribution in [0.4, 0.5) is 0 Å². The Bertz CT molecular complexity index is 216. The fraction of sp³-hybridized carbons (Fsp3) is 0.417. The molecular formula is C12H21NO. The number of nitrogens with zero attached hydrogens (tertiary/aromatic N) is 1. The van der Waals surface area contributed by atoms with Crippen molar-refractivity contribution >= 4 is 5.91 Å². The number of likely N-dealkylation sites (N-methyl/N-ethyl adjacent to an activating group) is 1. The molecule has 0 spiro atoms. The third kappa shape index (κ3) is 7.35. The first-order chi connectivity index (χ1) is 6.61. The van der Waals surface area contributed by atoms with Crippen molar-refractivity contribution in [3.05, 3.63) is 37.0 Å². The maximum Gasteiger partial charge on any atom is 0.219 e. The van der Waals surface area contributed by atoms with Gasteiger partial charge >= 0.3 is 0 Å². The summed E-state index contributed by atoms with van der Waals surface area (Å²) in [6, 6.07) is 0. The molecule has 1 amide bonds. The van der Waals surface area contributed by atoms with E-state index in [1.54, 1.807) is 24.1 Å². The molecule has 14 heavy (non-hydrogen) atoms. The van der Waals surface area contributed by atoms with Crippen LogP contribution in [0.2, 0.25) is 0 Å². The second kappa shape index (κ2) is 9.78. The molecule has 0 N–H and O–H groups in total. The average molecular weight is 195 g/mol. The first-order valence-corrected chi connectivity index (χ1v) is 4.77. The largest absolute Gasteiger partial charge is 0.342 e. The van der Waals surface area contributed by atoms with Crippen molar-refractivity contribution in [2.45, 2.75) is 20.8 Å². The van der Waals surface area contributed by atoms with Gasteiger partial charge in [0.2, 0.25) is 5.91 Å². The quantitative estimate of drug-likeness (QED) is 0.632. The molecule has 0 rings (SSSR count). The molecule has 0 saturated carbocycles. The Balaban J connectivity index is 0. The van der Waals surface area contributed by atoms with Crippen LogP contribution in [0.1, 0.15) is 20.8 Å². The Morgan fingerprint density at radius 2 is 1.86 bits per heavy atom. The van der Waals surface area contributed by atoms with Crippen molar-refractivity contribution in [3.8, 4) is 0 Å². The minimum atomic E-state index is 0.0480. The fourth-order valence-corrected chi connectivity index (χ4v) is 0.722. The van der Waals surface area contributed by atoms with Crippen LogP contribution >= 0.6 is 0 Å². The molecule has 0 aromatic rings. The fourth-order valence-electron chi connectivity index (χ4n) is 0.722. The lowest BCUT2D eigenvalue weighted by atomic mass is 10.2. The number of allylic oxidation sites excluding steroid dienone is 2. The van der Waals surface area contributed by atoms with E-state index in [1.807, 2.05) is 19.9 Å². The van der Waals surface area contributed by atoms with Crippen LogP contribution in [0, 0.1) is 0 Å².